The number of nitrogens with zero attached hydrogens (tertiary/aromatic N) is 3. The number of nitro groups is 1. The zero-order valence-electron chi connectivity index (χ0n) is 13.9. The van der Waals surface area contributed by atoms with Crippen LogP contribution in [0.5, 0.6) is 5.75 Å². The first-order chi connectivity index (χ1) is 13.3. The Bertz CT molecular complexity index is 1100. The summed E-state index contributed by atoms with van der Waals surface area (Å²) in [6.45, 7) is 0. The molecule has 11 heteroatoms. The number of H-pyrrole nitrogens is 1. The number of hydrogen-bond donors (Lipinski definition) is 3. The van der Waals surface area contributed by atoms with Crippen molar-refractivity contribution < 1.29 is 14.8 Å². The van der Waals surface area contributed by atoms with E-state index in [1.807, 2.05) is 0 Å². The quantitative estimate of drug-likeness (QED) is 0.328. The number of amides is 1. The van der Waals surface area contributed by atoms with E-state index in [0.29, 0.717) is 21.3 Å². The highest BCUT2D eigenvalue weighted by atomic mass is 35.5. The van der Waals surface area contributed by atoms with E-state index in [9.17, 15) is 20.0 Å². The Morgan fingerprint density at radius 1 is 1.25 bits per heavy atom. The summed E-state index contributed by atoms with van der Waals surface area (Å²) in [7, 11) is 0. The number of carbonyl (C=O) groups excluding carboxylic acids is 1. The fourth-order valence-electron chi connectivity index (χ4n) is 2.31. The number of benzene rings is 2. The highest BCUT2D eigenvalue weighted by molar-refractivity contribution is 6.36. The molecule has 142 valence electrons. The molecule has 1 aromatic heterocycles. The van der Waals surface area contributed by atoms with Crippen LogP contribution in [0, 0.1) is 10.1 Å². The minimum absolute atomic E-state index is 0.0311. The van der Waals surface area contributed by atoms with Gasteiger partial charge in [0.2, 0.25) is 0 Å². The summed E-state index contributed by atoms with van der Waals surface area (Å²) < 4.78 is 0. The molecule has 9 nitrogen and oxygen atoms in total. The van der Waals surface area contributed by atoms with Crippen LogP contribution in [0.2, 0.25) is 10.0 Å². The molecule has 3 aromatic rings. The maximum absolute atomic E-state index is 12.2. The van der Waals surface area contributed by atoms with Gasteiger partial charge in [-0.2, -0.15) is 10.2 Å². The lowest BCUT2D eigenvalue weighted by Gasteiger charge is -2.00. The lowest BCUT2D eigenvalue weighted by Crippen LogP contribution is -2.18. The second-order valence-corrected chi connectivity index (χ2v) is 6.33. The molecule has 0 spiro atoms. The van der Waals surface area contributed by atoms with Gasteiger partial charge in [0.25, 0.3) is 11.6 Å². The molecule has 0 aliphatic heterocycles. The number of phenols is 1. The maximum Gasteiger partial charge on any atom is 0.289 e. The standard InChI is InChI=1S/C17H11Cl2N5O4/c18-10-1-3-12(13(19)6-10)14-7-15(22-21-14)17(26)23-20-8-9-5-11(25)2-4-16(9)24(27)28/h1-8,25H,(H,21,22)(H,23,26)/b20-8+. The van der Waals surface area contributed by atoms with Crippen LogP contribution in [0.4, 0.5) is 5.69 Å². The lowest BCUT2D eigenvalue weighted by molar-refractivity contribution is -0.385. The first-order valence-electron chi connectivity index (χ1n) is 7.67. The Labute approximate surface area is 167 Å². The van der Waals surface area contributed by atoms with Gasteiger partial charge >= 0.3 is 0 Å². The summed E-state index contributed by atoms with van der Waals surface area (Å²) in [4.78, 5) is 22.5. The highest BCUT2D eigenvalue weighted by Crippen LogP contribution is 2.29. The molecule has 0 fully saturated rings. The van der Waals surface area contributed by atoms with Crippen molar-refractivity contribution in [3.05, 3.63) is 73.9 Å². The topological polar surface area (TPSA) is 134 Å². The van der Waals surface area contributed by atoms with Gasteiger partial charge in [0.05, 0.1) is 27.4 Å². The molecule has 0 unspecified atom stereocenters. The van der Waals surface area contributed by atoms with E-state index in [1.54, 1.807) is 18.2 Å². The van der Waals surface area contributed by atoms with E-state index in [1.165, 1.54) is 12.1 Å². The molecule has 0 saturated heterocycles. The van der Waals surface area contributed by atoms with Crippen LogP contribution >= 0.6 is 23.2 Å². The van der Waals surface area contributed by atoms with Gasteiger partial charge in [0, 0.05) is 16.7 Å². The molecule has 0 bridgehead atoms. The van der Waals surface area contributed by atoms with Crippen LogP contribution in [0.3, 0.4) is 0 Å². The van der Waals surface area contributed by atoms with Crippen LogP contribution in [-0.2, 0) is 0 Å². The number of carbonyl (C=O) groups is 1. The Hall–Kier alpha value is -3.43. The molecule has 1 amide bonds. The number of halogens is 2. The molecule has 1 heterocycles. The van der Waals surface area contributed by atoms with E-state index in [4.69, 9.17) is 23.2 Å². The van der Waals surface area contributed by atoms with Crippen LogP contribution in [0.15, 0.2) is 47.6 Å². The predicted octanol–water partition coefficient (Wildman–Crippen LogP) is 3.76. The molecular formula is C17H11Cl2N5O4. The van der Waals surface area contributed by atoms with Gasteiger partial charge in [-0.05, 0) is 36.4 Å². The fourth-order valence-corrected chi connectivity index (χ4v) is 2.81. The number of aromatic nitrogens is 2. The summed E-state index contributed by atoms with van der Waals surface area (Å²) in [5, 5.41) is 31.5. The van der Waals surface area contributed by atoms with Gasteiger partial charge in [-0.15, -0.1) is 0 Å². The van der Waals surface area contributed by atoms with Gasteiger partial charge in [0.1, 0.15) is 11.4 Å². The number of hydrogen-bond acceptors (Lipinski definition) is 6. The summed E-state index contributed by atoms with van der Waals surface area (Å²) in [6.07, 6.45) is 1.06. The minimum atomic E-state index is -0.625. The zero-order valence-corrected chi connectivity index (χ0v) is 15.4. The van der Waals surface area contributed by atoms with E-state index in [-0.39, 0.29) is 22.7 Å². The number of aromatic amines is 1. The second kappa shape index (κ2) is 8.07. The van der Waals surface area contributed by atoms with Crippen LogP contribution < -0.4 is 5.43 Å². The SMILES string of the molecule is O=C(N/N=C/c1cc(O)ccc1[N+](=O)[O-])c1cc(-c2ccc(Cl)cc2Cl)n[nH]1. The zero-order chi connectivity index (χ0) is 20.3. The predicted molar refractivity (Wildman–Crippen MR) is 104 cm³/mol. The monoisotopic (exact) mass is 419 g/mol. The third kappa shape index (κ3) is 4.27. The summed E-state index contributed by atoms with van der Waals surface area (Å²) in [5.74, 6) is -0.792. The van der Waals surface area contributed by atoms with Crippen LogP contribution in [0.25, 0.3) is 11.3 Å². The van der Waals surface area contributed by atoms with Crippen molar-refractivity contribution in [1.82, 2.24) is 15.6 Å². The smallest absolute Gasteiger partial charge is 0.289 e. The molecule has 3 rings (SSSR count). The largest absolute Gasteiger partial charge is 0.508 e. The van der Waals surface area contributed by atoms with Gasteiger partial charge in [-0.3, -0.25) is 20.0 Å². The van der Waals surface area contributed by atoms with Crippen LogP contribution in [0.1, 0.15) is 16.1 Å². The second-order valence-electron chi connectivity index (χ2n) is 5.49. The molecule has 0 saturated carbocycles. The Morgan fingerprint density at radius 2 is 2.04 bits per heavy atom. The van der Waals surface area contributed by atoms with Gasteiger partial charge in [-0.1, -0.05) is 23.2 Å². The first kappa shape index (κ1) is 19.3. The molecule has 0 atom stereocenters. The van der Waals surface area contributed by atoms with Gasteiger partial charge in [-0.25, -0.2) is 5.43 Å². The van der Waals surface area contributed by atoms with Gasteiger partial charge < -0.3 is 5.11 Å². The van der Waals surface area contributed by atoms with Crippen molar-refractivity contribution >= 4 is 41.0 Å². The van der Waals surface area contributed by atoms with Gasteiger partial charge in [0.15, 0.2) is 0 Å². The highest BCUT2D eigenvalue weighted by Gasteiger charge is 2.14. The molecule has 3 N–H and O–H groups in total. The van der Waals surface area contributed by atoms with Crippen molar-refractivity contribution in [2.45, 2.75) is 0 Å². The maximum atomic E-state index is 12.2. The number of phenolic OH excluding ortho intramolecular Hbond substituents is 1. The summed E-state index contributed by atoms with van der Waals surface area (Å²) >= 11 is 12.0. The minimum Gasteiger partial charge on any atom is -0.508 e. The molecular weight excluding hydrogens is 409 g/mol. The van der Waals surface area contributed by atoms with Crippen LogP contribution in [-0.4, -0.2) is 32.3 Å². The molecule has 0 aliphatic rings. The number of nitro benzene ring substituents is 1. The third-order valence-electron chi connectivity index (χ3n) is 3.61. The van der Waals surface area contributed by atoms with E-state index in [2.05, 4.69) is 20.7 Å². The van der Waals surface area contributed by atoms with E-state index >= 15 is 0 Å². The number of aromatic hydroxyl groups is 1. The molecule has 28 heavy (non-hydrogen) atoms. The molecule has 0 aliphatic carbocycles. The number of rotatable bonds is 5. The fraction of sp³-hybridized carbons (Fsp3) is 0. The van der Waals surface area contributed by atoms with Crippen molar-refractivity contribution in [2.75, 3.05) is 0 Å². The van der Waals surface area contributed by atoms with Crippen molar-refractivity contribution in [2.24, 2.45) is 5.10 Å². The summed E-state index contributed by atoms with van der Waals surface area (Å²) in [5.41, 5.74) is 3.10. The molecule has 0 radical (unpaired) electrons. The van der Waals surface area contributed by atoms with Crippen molar-refractivity contribution in [3.8, 4) is 17.0 Å². The normalized spacial score (nSPS) is 10.9. The lowest BCUT2D eigenvalue weighted by atomic mass is 10.1. The average molecular weight is 420 g/mol. The third-order valence-corrected chi connectivity index (χ3v) is 4.15. The van der Waals surface area contributed by atoms with Crippen molar-refractivity contribution in [1.29, 1.82) is 0 Å². The average Bonchev–Trinajstić information content (AvgIpc) is 3.11. The van der Waals surface area contributed by atoms with E-state index < -0.39 is 10.8 Å². The van der Waals surface area contributed by atoms with E-state index in [0.717, 1.165) is 18.3 Å². The Morgan fingerprint density at radius 3 is 2.75 bits per heavy atom. The number of nitrogens with one attached hydrogen (secondary N) is 2. The Balaban J connectivity index is 1.74. The van der Waals surface area contributed by atoms with Crippen molar-refractivity contribution in [3.63, 3.8) is 0 Å². The molecule has 2 aromatic carbocycles. The number of hydrazone groups is 1. The Kier molecular flexibility index (Phi) is 5.57. The summed E-state index contributed by atoms with van der Waals surface area (Å²) in [6, 6.07) is 9.81. The first-order valence-corrected chi connectivity index (χ1v) is 8.42.